The number of carboxylic acid groups (broad SMARTS) is 1. The molecule has 2 N–H and O–H groups in total. The van der Waals surface area contributed by atoms with Crippen LogP contribution in [-0.4, -0.2) is 16.1 Å². The van der Waals surface area contributed by atoms with E-state index < -0.39 is 5.97 Å². The quantitative estimate of drug-likeness (QED) is 0.898. The van der Waals surface area contributed by atoms with Crippen LogP contribution in [0, 0.1) is 0 Å². The summed E-state index contributed by atoms with van der Waals surface area (Å²) in [6, 6.07) is 5.36. The summed E-state index contributed by atoms with van der Waals surface area (Å²) >= 11 is 7.62. The number of carboxylic acids is 1. The molecule has 0 amide bonds. The molecule has 0 radical (unpaired) electrons. The zero-order valence-corrected chi connectivity index (χ0v) is 11.1. The maximum Gasteiger partial charge on any atom is 0.337 e. The average molecular weight is 283 g/mol. The van der Waals surface area contributed by atoms with E-state index in [4.69, 9.17) is 16.7 Å². The Morgan fingerprint density at radius 3 is 2.94 bits per heavy atom. The number of aromatic carboxylic acids is 1. The minimum absolute atomic E-state index is 0.0269. The van der Waals surface area contributed by atoms with E-state index in [1.165, 1.54) is 12.3 Å². The summed E-state index contributed by atoms with van der Waals surface area (Å²) in [5.41, 5.74) is 0.0487. The third kappa shape index (κ3) is 2.63. The monoisotopic (exact) mass is 282 g/mol. The maximum atomic E-state index is 11.0. The first kappa shape index (κ1) is 12.9. The predicted octanol–water partition coefficient (Wildman–Crippen LogP) is 3.67. The van der Waals surface area contributed by atoms with Gasteiger partial charge in [-0.15, -0.1) is 11.3 Å². The fraction of sp³-hybridized carbons (Fsp3) is 0.167. The van der Waals surface area contributed by atoms with Crippen LogP contribution >= 0.6 is 22.9 Å². The Morgan fingerprint density at radius 1 is 1.56 bits per heavy atom. The molecular weight excluding hydrogens is 272 g/mol. The second-order valence-electron chi connectivity index (χ2n) is 3.71. The molecule has 0 spiro atoms. The van der Waals surface area contributed by atoms with E-state index in [9.17, 15) is 4.79 Å². The van der Waals surface area contributed by atoms with E-state index >= 15 is 0 Å². The molecule has 1 unspecified atom stereocenters. The molecular formula is C12H11ClN2O2S. The van der Waals surface area contributed by atoms with E-state index in [-0.39, 0.29) is 16.6 Å². The molecule has 0 aliphatic rings. The van der Waals surface area contributed by atoms with Crippen molar-refractivity contribution in [1.82, 2.24) is 4.98 Å². The highest BCUT2D eigenvalue weighted by Crippen LogP contribution is 2.28. The average Bonchev–Trinajstić information content (AvgIpc) is 2.85. The van der Waals surface area contributed by atoms with Crippen LogP contribution in [0.15, 0.2) is 29.8 Å². The first-order valence-electron chi connectivity index (χ1n) is 5.27. The third-order valence-electron chi connectivity index (χ3n) is 2.44. The molecule has 0 fully saturated rings. The minimum atomic E-state index is -1.06. The lowest BCUT2D eigenvalue weighted by molar-refractivity contribution is 0.0697. The fourth-order valence-electron chi connectivity index (χ4n) is 1.52. The van der Waals surface area contributed by atoms with Crippen LogP contribution < -0.4 is 5.32 Å². The summed E-state index contributed by atoms with van der Waals surface area (Å²) in [7, 11) is 0. The Morgan fingerprint density at radius 2 is 2.33 bits per heavy atom. The van der Waals surface area contributed by atoms with Gasteiger partial charge in [0.05, 0.1) is 16.6 Å². The van der Waals surface area contributed by atoms with Gasteiger partial charge in [0.25, 0.3) is 0 Å². The van der Waals surface area contributed by atoms with Crippen molar-refractivity contribution in [3.8, 4) is 0 Å². The molecule has 0 aliphatic heterocycles. The number of pyridine rings is 1. The standard InChI is InChI=1S/C12H11ClN2O2S/c1-7(9-3-2-6-18-9)15-11-10(13)8(12(16)17)4-5-14-11/h2-7H,1H3,(H,14,15)(H,16,17). The molecule has 0 aromatic carbocycles. The topological polar surface area (TPSA) is 62.2 Å². The lowest BCUT2D eigenvalue weighted by Gasteiger charge is -2.14. The number of hydrogen-bond acceptors (Lipinski definition) is 4. The van der Waals surface area contributed by atoms with E-state index in [1.54, 1.807) is 11.3 Å². The molecule has 2 heterocycles. The van der Waals surface area contributed by atoms with Crippen molar-refractivity contribution in [2.45, 2.75) is 13.0 Å². The highest BCUT2D eigenvalue weighted by atomic mass is 35.5. The first-order valence-corrected chi connectivity index (χ1v) is 6.53. The number of aromatic nitrogens is 1. The van der Waals surface area contributed by atoms with Crippen LogP contribution in [0.25, 0.3) is 0 Å². The van der Waals surface area contributed by atoms with E-state index in [2.05, 4.69) is 10.3 Å². The van der Waals surface area contributed by atoms with Gasteiger partial charge in [0, 0.05) is 11.1 Å². The zero-order chi connectivity index (χ0) is 13.1. The smallest absolute Gasteiger partial charge is 0.337 e. The Hall–Kier alpha value is -1.59. The van der Waals surface area contributed by atoms with E-state index in [0.29, 0.717) is 5.82 Å². The van der Waals surface area contributed by atoms with Gasteiger partial charge in [-0.2, -0.15) is 0 Å². The Bertz CT molecular complexity index is 557. The van der Waals surface area contributed by atoms with Crippen molar-refractivity contribution in [2.24, 2.45) is 0 Å². The van der Waals surface area contributed by atoms with Gasteiger partial charge in [0.15, 0.2) is 0 Å². The molecule has 1 atom stereocenters. The molecule has 94 valence electrons. The van der Waals surface area contributed by atoms with Gasteiger partial charge in [-0.3, -0.25) is 0 Å². The normalized spacial score (nSPS) is 12.1. The minimum Gasteiger partial charge on any atom is -0.478 e. The molecule has 2 aromatic heterocycles. The van der Waals surface area contributed by atoms with Gasteiger partial charge < -0.3 is 10.4 Å². The fourth-order valence-corrected chi connectivity index (χ4v) is 2.51. The molecule has 2 rings (SSSR count). The molecule has 0 saturated heterocycles. The zero-order valence-electron chi connectivity index (χ0n) is 9.55. The van der Waals surface area contributed by atoms with Crippen LogP contribution in [0.1, 0.15) is 28.2 Å². The van der Waals surface area contributed by atoms with Gasteiger partial charge in [0.2, 0.25) is 0 Å². The number of rotatable bonds is 4. The third-order valence-corrected chi connectivity index (χ3v) is 3.88. The molecule has 2 aromatic rings. The second-order valence-corrected chi connectivity index (χ2v) is 5.06. The van der Waals surface area contributed by atoms with Crippen molar-refractivity contribution < 1.29 is 9.90 Å². The molecule has 0 aliphatic carbocycles. The van der Waals surface area contributed by atoms with Gasteiger partial charge in [-0.05, 0) is 24.4 Å². The summed E-state index contributed by atoms with van der Waals surface area (Å²) in [5, 5.41) is 14.2. The first-order chi connectivity index (χ1) is 8.59. The van der Waals surface area contributed by atoms with E-state index in [0.717, 1.165) is 4.88 Å². The van der Waals surface area contributed by atoms with Crippen LogP contribution in [0.4, 0.5) is 5.82 Å². The summed E-state index contributed by atoms with van der Waals surface area (Å²) in [5.74, 6) is -0.674. The Kier molecular flexibility index (Phi) is 3.84. The largest absolute Gasteiger partial charge is 0.478 e. The number of carbonyl (C=O) groups is 1. The molecule has 6 heteroatoms. The Balaban J connectivity index is 2.24. The molecule has 4 nitrogen and oxygen atoms in total. The lowest BCUT2D eigenvalue weighted by atomic mass is 10.2. The van der Waals surface area contributed by atoms with Crippen molar-refractivity contribution >= 4 is 34.7 Å². The number of nitrogens with zero attached hydrogens (tertiary/aromatic N) is 1. The van der Waals surface area contributed by atoms with Crippen molar-refractivity contribution in [3.63, 3.8) is 0 Å². The number of thiophene rings is 1. The maximum absolute atomic E-state index is 11.0. The predicted molar refractivity (Wildman–Crippen MR) is 72.6 cm³/mol. The number of halogens is 1. The van der Waals surface area contributed by atoms with Crippen molar-refractivity contribution in [3.05, 3.63) is 45.2 Å². The lowest BCUT2D eigenvalue weighted by Crippen LogP contribution is -2.09. The summed E-state index contributed by atoms with van der Waals surface area (Å²) in [6.45, 7) is 1.97. The van der Waals surface area contributed by atoms with Crippen LogP contribution in [0.3, 0.4) is 0 Å². The van der Waals surface area contributed by atoms with Gasteiger partial charge in [-0.1, -0.05) is 17.7 Å². The number of hydrogen-bond donors (Lipinski definition) is 2. The SMILES string of the molecule is CC(Nc1nccc(C(=O)O)c1Cl)c1cccs1. The van der Waals surface area contributed by atoms with Crippen LogP contribution in [0.2, 0.25) is 5.02 Å². The van der Waals surface area contributed by atoms with Crippen molar-refractivity contribution in [2.75, 3.05) is 5.32 Å². The van der Waals surface area contributed by atoms with E-state index in [1.807, 2.05) is 24.4 Å². The highest BCUT2D eigenvalue weighted by Gasteiger charge is 2.15. The Labute approximate surface area is 113 Å². The van der Waals surface area contributed by atoms with Gasteiger partial charge in [-0.25, -0.2) is 9.78 Å². The van der Waals surface area contributed by atoms with Gasteiger partial charge >= 0.3 is 5.97 Å². The van der Waals surface area contributed by atoms with Crippen LogP contribution in [0.5, 0.6) is 0 Å². The second kappa shape index (κ2) is 5.37. The number of anilines is 1. The number of nitrogens with one attached hydrogen (secondary N) is 1. The van der Waals surface area contributed by atoms with Crippen LogP contribution in [-0.2, 0) is 0 Å². The molecule has 18 heavy (non-hydrogen) atoms. The summed E-state index contributed by atoms with van der Waals surface area (Å²) < 4.78 is 0. The summed E-state index contributed by atoms with van der Waals surface area (Å²) in [6.07, 6.45) is 1.43. The summed E-state index contributed by atoms with van der Waals surface area (Å²) in [4.78, 5) is 16.2. The molecule has 0 bridgehead atoms. The van der Waals surface area contributed by atoms with Crippen molar-refractivity contribution in [1.29, 1.82) is 0 Å². The van der Waals surface area contributed by atoms with Gasteiger partial charge in [0.1, 0.15) is 5.82 Å². The highest BCUT2D eigenvalue weighted by molar-refractivity contribution is 7.10. The molecule has 0 saturated carbocycles.